The lowest BCUT2D eigenvalue weighted by atomic mass is 9.91. The maximum atomic E-state index is 12.4. The van der Waals surface area contributed by atoms with Gasteiger partial charge in [-0.3, -0.25) is 14.5 Å². The predicted octanol–water partition coefficient (Wildman–Crippen LogP) is 0.755. The summed E-state index contributed by atoms with van der Waals surface area (Å²) >= 11 is 0. The van der Waals surface area contributed by atoms with Gasteiger partial charge in [0.25, 0.3) is 0 Å². The number of imide groups is 1. The van der Waals surface area contributed by atoms with Gasteiger partial charge in [0.1, 0.15) is 0 Å². The predicted molar refractivity (Wildman–Crippen MR) is 62.8 cm³/mol. The zero-order valence-corrected chi connectivity index (χ0v) is 10.7. The highest BCUT2D eigenvalue weighted by Crippen LogP contribution is 2.65. The fourth-order valence-electron chi connectivity index (χ4n) is 3.60. The Kier molecular flexibility index (Phi) is 1.92. The monoisotopic (exact) mass is 236 g/mol. The standard InChI is InChI=1S/C13H20N2O2/c1-12(2)8-9(12)11(17)15(10(8)16)13(3,6-14)7-4-5-7/h7-9H,4-6,14H2,1-3H3. The van der Waals surface area contributed by atoms with Crippen molar-refractivity contribution in [2.75, 3.05) is 6.54 Å². The molecule has 3 aliphatic rings. The van der Waals surface area contributed by atoms with E-state index in [1.807, 2.05) is 20.8 Å². The Morgan fingerprint density at radius 1 is 1.29 bits per heavy atom. The van der Waals surface area contributed by atoms with Crippen molar-refractivity contribution in [3.05, 3.63) is 0 Å². The Bertz CT molecular complexity index is 390. The molecule has 1 saturated heterocycles. The molecule has 2 aliphatic carbocycles. The van der Waals surface area contributed by atoms with Crippen LogP contribution in [0, 0.1) is 23.2 Å². The topological polar surface area (TPSA) is 63.4 Å². The van der Waals surface area contributed by atoms with E-state index in [2.05, 4.69) is 0 Å². The van der Waals surface area contributed by atoms with E-state index in [9.17, 15) is 9.59 Å². The first-order valence-corrected chi connectivity index (χ1v) is 6.43. The Labute approximate surface area is 102 Å². The molecule has 0 aromatic heterocycles. The lowest BCUT2D eigenvalue weighted by Gasteiger charge is -2.39. The first-order valence-electron chi connectivity index (χ1n) is 6.43. The fraction of sp³-hybridized carbons (Fsp3) is 0.846. The Balaban J connectivity index is 1.92. The first-order chi connectivity index (χ1) is 7.85. The average molecular weight is 236 g/mol. The van der Waals surface area contributed by atoms with Gasteiger partial charge in [0.2, 0.25) is 11.8 Å². The molecule has 3 unspecified atom stereocenters. The van der Waals surface area contributed by atoms with E-state index in [0.717, 1.165) is 12.8 Å². The SMILES string of the molecule is CC1(C)C2C(=O)N(C(C)(CN)C3CC3)C(=O)C21. The number of piperidine rings is 1. The zero-order valence-electron chi connectivity index (χ0n) is 10.7. The number of carbonyl (C=O) groups excluding carboxylic acids is 2. The van der Waals surface area contributed by atoms with Crippen molar-refractivity contribution in [1.29, 1.82) is 0 Å². The summed E-state index contributed by atoms with van der Waals surface area (Å²) in [7, 11) is 0. The van der Waals surface area contributed by atoms with Crippen LogP contribution in [0.3, 0.4) is 0 Å². The molecule has 0 aromatic carbocycles. The van der Waals surface area contributed by atoms with Crippen LogP contribution in [-0.2, 0) is 9.59 Å². The molecule has 3 fully saturated rings. The van der Waals surface area contributed by atoms with Gasteiger partial charge in [-0.1, -0.05) is 13.8 Å². The minimum Gasteiger partial charge on any atom is -0.328 e. The molecular formula is C13H20N2O2. The largest absolute Gasteiger partial charge is 0.328 e. The van der Waals surface area contributed by atoms with Crippen molar-refractivity contribution in [3.8, 4) is 0 Å². The molecule has 4 heteroatoms. The number of hydrogen-bond donors (Lipinski definition) is 1. The smallest absolute Gasteiger partial charge is 0.234 e. The van der Waals surface area contributed by atoms with Gasteiger partial charge in [0.05, 0.1) is 17.4 Å². The van der Waals surface area contributed by atoms with E-state index in [-0.39, 0.29) is 29.1 Å². The number of hydrogen-bond acceptors (Lipinski definition) is 3. The highest BCUT2D eigenvalue weighted by molar-refractivity contribution is 6.11. The van der Waals surface area contributed by atoms with Crippen LogP contribution in [0.4, 0.5) is 0 Å². The number of rotatable bonds is 3. The second kappa shape index (κ2) is 2.91. The number of amides is 2. The molecule has 2 amide bonds. The highest BCUT2D eigenvalue weighted by atomic mass is 16.2. The van der Waals surface area contributed by atoms with Gasteiger partial charge in [0.15, 0.2) is 0 Å². The summed E-state index contributed by atoms with van der Waals surface area (Å²) in [6, 6.07) is 0. The second-order valence-electron chi connectivity index (χ2n) is 6.62. The van der Waals surface area contributed by atoms with Gasteiger partial charge < -0.3 is 5.73 Å². The summed E-state index contributed by atoms with van der Waals surface area (Å²) in [6.07, 6.45) is 2.17. The van der Waals surface area contributed by atoms with Crippen molar-refractivity contribution in [2.24, 2.45) is 28.9 Å². The molecule has 1 heterocycles. The van der Waals surface area contributed by atoms with Gasteiger partial charge in [-0.15, -0.1) is 0 Å². The van der Waals surface area contributed by atoms with E-state index in [1.54, 1.807) is 0 Å². The number of nitrogens with two attached hydrogens (primary N) is 1. The van der Waals surface area contributed by atoms with E-state index in [0.29, 0.717) is 12.5 Å². The van der Waals surface area contributed by atoms with Crippen molar-refractivity contribution in [3.63, 3.8) is 0 Å². The van der Waals surface area contributed by atoms with E-state index < -0.39 is 5.54 Å². The van der Waals surface area contributed by atoms with Crippen LogP contribution in [0.2, 0.25) is 0 Å². The van der Waals surface area contributed by atoms with Gasteiger partial charge in [-0.05, 0) is 31.1 Å². The van der Waals surface area contributed by atoms with Crippen molar-refractivity contribution >= 4 is 11.8 Å². The van der Waals surface area contributed by atoms with Gasteiger partial charge in [-0.2, -0.15) is 0 Å². The molecule has 2 N–H and O–H groups in total. The average Bonchev–Trinajstić information content (AvgIpc) is 3.11. The molecule has 1 aliphatic heterocycles. The highest BCUT2D eigenvalue weighted by Gasteiger charge is 2.74. The summed E-state index contributed by atoms with van der Waals surface area (Å²) < 4.78 is 0. The van der Waals surface area contributed by atoms with Crippen LogP contribution in [-0.4, -0.2) is 28.8 Å². The third-order valence-electron chi connectivity index (χ3n) is 5.18. The minimum absolute atomic E-state index is 0.0184. The zero-order chi connectivity index (χ0) is 12.6. The summed E-state index contributed by atoms with van der Waals surface area (Å²) in [5.74, 6) is 0.287. The van der Waals surface area contributed by atoms with Gasteiger partial charge in [-0.25, -0.2) is 0 Å². The summed E-state index contributed by atoms with van der Waals surface area (Å²) in [5, 5.41) is 0. The first kappa shape index (κ1) is 11.2. The lowest BCUT2D eigenvalue weighted by molar-refractivity contribution is -0.150. The summed E-state index contributed by atoms with van der Waals surface area (Å²) in [5.41, 5.74) is 5.28. The van der Waals surface area contributed by atoms with Crippen LogP contribution in [0.1, 0.15) is 33.6 Å². The van der Waals surface area contributed by atoms with Crippen molar-refractivity contribution in [2.45, 2.75) is 39.2 Å². The minimum atomic E-state index is -0.433. The third-order valence-corrected chi connectivity index (χ3v) is 5.18. The van der Waals surface area contributed by atoms with Gasteiger partial charge >= 0.3 is 0 Å². The lowest BCUT2D eigenvalue weighted by Crippen LogP contribution is -2.57. The molecule has 0 radical (unpaired) electrons. The third kappa shape index (κ3) is 1.17. The molecule has 0 bridgehead atoms. The van der Waals surface area contributed by atoms with Crippen molar-refractivity contribution in [1.82, 2.24) is 4.90 Å². The number of fused-ring (bicyclic) bond motifs is 1. The van der Waals surface area contributed by atoms with E-state index in [4.69, 9.17) is 5.73 Å². The molecule has 3 rings (SSSR count). The number of likely N-dealkylation sites (tertiary alicyclic amines) is 1. The Morgan fingerprint density at radius 2 is 1.76 bits per heavy atom. The van der Waals surface area contributed by atoms with Crippen LogP contribution >= 0.6 is 0 Å². The number of nitrogens with zero attached hydrogens (tertiary/aromatic N) is 1. The molecular weight excluding hydrogens is 216 g/mol. The van der Waals surface area contributed by atoms with E-state index in [1.165, 1.54) is 4.90 Å². The molecule has 94 valence electrons. The second-order valence-corrected chi connectivity index (χ2v) is 6.62. The van der Waals surface area contributed by atoms with Crippen LogP contribution < -0.4 is 5.73 Å². The van der Waals surface area contributed by atoms with Gasteiger partial charge in [0, 0.05) is 6.54 Å². The molecule has 3 atom stereocenters. The molecule has 0 spiro atoms. The van der Waals surface area contributed by atoms with Crippen LogP contribution in [0.15, 0.2) is 0 Å². The van der Waals surface area contributed by atoms with Crippen LogP contribution in [0.5, 0.6) is 0 Å². The van der Waals surface area contributed by atoms with E-state index >= 15 is 0 Å². The molecule has 0 aromatic rings. The maximum Gasteiger partial charge on any atom is 0.234 e. The normalized spacial score (nSPS) is 38.0. The Morgan fingerprint density at radius 3 is 2.12 bits per heavy atom. The Hall–Kier alpha value is -0.900. The number of carbonyl (C=O) groups is 2. The fourth-order valence-corrected chi connectivity index (χ4v) is 3.60. The maximum absolute atomic E-state index is 12.4. The summed E-state index contributed by atoms with van der Waals surface area (Å²) in [4.78, 5) is 26.2. The summed E-state index contributed by atoms with van der Waals surface area (Å²) in [6.45, 7) is 6.37. The van der Waals surface area contributed by atoms with Crippen LogP contribution in [0.25, 0.3) is 0 Å². The molecule has 2 saturated carbocycles. The molecule has 4 nitrogen and oxygen atoms in total. The van der Waals surface area contributed by atoms with Crippen molar-refractivity contribution < 1.29 is 9.59 Å². The quantitative estimate of drug-likeness (QED) is 0.736. The molecule has 17 heavy (non-hydrogen) atoms.